The summed E-state index contributed by atoms with van der Waals surface area (Å²) in [6, 6.07) is 12.2. The molecular formula is C22H22N4. The summed E-state index contributed by atoms with van der Waals surface area (Å²) in [4.78, 5) is 18.4. The number of rotatable bonds is 4. The molecule has 3 aromatic carbocycles. The summed E-state index contributed by atoms with van der Waals surface area (Å²) < 4.78 is 0. The van der Waals surface area contributed by atoms with Gasteiger partial charge in [0.25, 0.3) is 0 Å². The molecule has 0 unspecified atom stereocenters. The molecule has 3 rings (SSSR count). The summed E-state index contributed by atoms with van der Waals surface area (Å²) >= 11 is 0. The van der Waals surface area contributed by atoms with E-state index in [9.17, 15) is 0 Å². The fraction of sp³-hybridized carbons (Fsp3) is 0.182. The van der Waals surface area contributed by atoms with Gasteiger partial charge in [0, 0.05) is 41.0 Å². The monoisotopic (exact) mass is 342 g/mol. The van der Waals surface area contributed by atoms with Crippen LogP contribution in [0.15, 0.2) is 56.4 Å². The molecule has 0 fully saturated rings. The second-order valence-corrected chi connectivity index (χ2v) is 5.67. The van der Waals surface area contributed by atoms with Crippen molar-refractivity contribution >= 4 is 69.2 Å². The van der Waals surface area contributed by atoms with Gasteiger partial charge in [0.1, 0.15) is 0 Å². The van der Waals surface area contributed by atoms with Gasteiger partial charge in [0.2, 0.25) is 0 Å². The number of aliphatic imine (C=N–C) groups is 4. The Hall–Kier alpha value is -3.14. The van der Waals surface area contributed by atoms with Gasteiger partial charge in [-0.15, -0.1) is 0 Å². The fourth-order valence-corrected chi connectivity index (χ4v) is 3.24. The quantitative estimate of drug-likeness (QED) is 0.366. The van der Waals surface area contributed by atoms with Crippen molar-refractivity contribution in [3.05, 3.63) is 36.4 Å². The van der Waals surface area contributed by atoms with Gasteiger partial charge in [0.05, 0.1) is 22.7 Å². The number of hydrogen-bond acceptors (Lipinski definition) is 4. The predicted octanol–water partition coefficient (Wildman–Crippen LogP) is 6.88. The van der Waals surface area contributed by atoms with E-state index in [0.29, 0.717) is 0 Å². The summed E-state index contributed by atoms with van der Waals surface area (Å²) in [7, 11) is 0. The van der Waals surface area contributed by atoms with Crippen LogP contribution in [0.3, 0.4) is 0 Å². The van der Waals surface area contributed by atoms with Crippen LogP contribution in [0.5, 0.6) is 0 Å². The van der Waals surface area contributed by atoms with E-state index in [-0.39, 0.29) is 0 Å². The van der Waals surface area contributed by atoms with Crippen LogP contribution in [0, 0.1) is 0 Å². The Kier molecular flexibility index (Phi) is 5.32. The van der Waals surface area contributed by atoms with E-state index in [2.05, 4.69) is 32.1 Å². The van der Waals surface area contributed by atoms with Gasteiger partial charge in [-0.25, -0.2) is 0 Å². The van der Waals surface area contributed by atoms with E-state index in [1.54, 1.807) is 6.21 Å². The Morgan fingerprint density at radius 1 is 0.538 bits per heavy atom. The molecule has 0 saturated carbocycles. The van der Waals surface area contributed by atoms with Crippen molar-refractivity contribution in [2.75, 3.05) is 0 Å². The van der Waals surface area contributed by atoms with Gasteiger partial charge in [0.15, 0.2) is 0 Å². The molecule has 3 aromatic rings. The normalized spacial score (nSPS) is 12.8. The second-order valence-electron chi connectivity index (χ2n) is 5.67. The molecular weight excluding hydrogens is 320 g/mol. The largest absolute Gasteiger partial charge is 0.261 e. The van der Waals surface area contributed by atoms with Crippen molar-refractivity contribution in [2.24, 2.45) is 20.0 Å². The van der Waals surface area contributed by atoms with Gasteiger partial charge in [-0.2, -0.15) is 0 Å². The molecule has 0 aromatic heterocycles. The summed E-state index contributed by atoms with van der Waals surface area (Å²) in [5, 5.41) is 4.19. The molecule has 0 aliphatic carbocycles. The standard InChI is InChI=1S/C22H22N4/c1-5-23-16-11-9-10-15-14-19(26-8-4)21-17(24-6-2)12-13-18(25-7-3)22(21)20(15)16/h5-14H,1-4H3. The van der Waals surface area contributed by atoms with Crippen LogP contribution >= 0.6 is 0 Å². The summed E-state index contributed by atoms with van der Waals surface area (Å²) in [6.45, 7) is 7.69. The molecule has 4 nitrogen and oxygen atoms in total. The first-order valence-electron chi connectivity index (χ1n) is 8.72. The molecule has 4 heteroatoms. The lowest BCUT2D eigenvalue weighted by molar-refractivity contribution is 1.50. The first kappa shape index (κ1) is 17.7. The van der Waals surface area contributed by atoms with Crippen LogP contribution in [0.4, 0.5) is 22.7 Å². The van der Waals surface area contributed by atoms with E-state index >= 15 is 0 Å². The molecule has 0 spiro atoms. The van der Waals surface area contributed by atoms with Crippen LogP contribution in [-0.2, 0) is 0 Å². The molecule has 130 valence electrons. The van der Waals surface area contributed by atoms with Crippen LogP contribution in [0.25, 0.3) is 21.5 Å². The minimum Gasteiger partial charge on any atom is -0.261 e. The molecule has 0 aliphatic rings. The zero-order chi connectivity index (χ0) is 18.5. The molecule has 0 N–H and O–H groups in total. The first-order chi connectivity index (χ1) is 12.7. The van der Waals surface area contributed by atoms with Crippen molar-refractivity contribution in [1.82, 2.24) is 0 Å². The Morgan fingerprint density at radius 3 is 1.62 bits per heavy atom. The Morgan fingerprint density at radius 2 is 1.04 bits per heavy atom. The Bertz CT molecular complexity index is 1070. The van der Waals surface area contributed by atoms with Crippen molar-refractivity contribution in [1.29, 1.82) is 0 Å². The highest BCUT2D eigenvalue weighted by Gasteiger charge is 2.15. The molecule has 0 radical (unpaired) electrons. The molecule has 0 heterocycles. The van der Waals surface area contributed by atoms with E-state index in [0.717, 1.165) is 44.3 Å². The van der Waals surface area contributed by atoms with Crippen LogP contribution < -0.4 is 0 Å². The van der Waals surface area contributed by atoms with Gasteiger partial charge >= 0.3 is 0 Å². The maximum absolute atomic E-state index is 4.62. The van der Waals surface area contributed by atoms with Gasteiger partial charge < -0.3 is 0 Å². The molecule has 0 bridgehead atoms. The third-order valence-corrected chi connectivity index (χ3v) is 4.11. The molecule has 26 heavy (non-hydrogen) atoms. The highest BCUT2D eigenvalue weighted by atomic mass is 14.8. The van der Waals surface area contributed by atoms with Gasteiger partial charge in [-0.1, -0.05) is 12.1 Å². The van der Waals surface area contributed by atoms with E-state index in [1.165, 1.54) is 0 Å². The molecule has 0 saturated heterocycles. The summed E-state index contributed by atoms with van der Waals surface area (Å²) in [5.74, 6) is 0. The molecule has 0 aliphatic heterocycles. The average molecular weight is 342 g/mol. The number of hydrogen-bond donors (Lipinski definition) is 0. The maximum atomic E-state index is 4.62. The van der Waals surface area contributed by atoms with E-state index in [4.69, 9.17) is 0 Å². The summed E-state index contributed by atoms with van der Waals surface area (Å²) in [6.07, 6.45) is 7.24. The van der Waals surface area contributed by atoms with Crippen molar-refractivity contribution < 1.29 is 0 Å². The van der Waals surface area contributed by atoms with Crippen molar-refractivity contribution in [2.45, 2.75) is 27.7 Å². The van der Waals surface area contributed by atoms with Gasteiger partial charge in [-0.3, -0.25) is 20.0 Å². The topological polar surface area (TPSA) is 49.4 Å². The third-order valence-electron chi connectivity index (χ3n) is 4.11. The lowest BCUT2D eigenvalue weighted by Gasteiger charge is -2.14. The average Bonchev–Trinajstić information content (AvgIpc) is 2.64. The number of nitrogens with zero attached hydrogens (tertiary/aromatic N) is 4. The summed E-state index contributed by atoms with van der Waals surface area (Å²) in [5.41, 5.74) is 3.60. The van der Waals surface area contributed by atoms with E-state index in [1.807, 2.05) is 70.6 Å². The predicted molar refractivity (Wildman–Crippen MR) is 117 cm³/mol. The van der Waals surface area contributed by atoms with Crippen molar-refractivity contribution in [3.8, 4) is 0 Å². The van der Waals surface area contributed by atoms with Crippen LogP contribution in [0.1, 0.15) is 27.7 Å². The third kappa shape index (κ3) is 3.06. The van der Waals surface area contributed by atoms with Crippen molar-refractivity contribution in [3.63, 3.8) is 0 Å². The number of benzene rings is 3. The highest BCUT2D eigenvalue weighted by Crippen LogP contribution is 2.46. The Labute approximate surface area is 153 Å². The Balaban J connectivity index is 2.67. The first-order valence-corrected chi connectivity index (χ1v) is 8.72. The minimum absolute atomic E-state index is 0.885. The lowest BCUT2D eigenvalue weighted by atomic mass is 9.96. The zero-order valence-electron chi connectivity index (χ0n) is 15.6. The van der Waals surface area contributed by atoms with Gasteiger partial charge in [-0.05, 0) is 57.3 Å². The fourth-order valence-electron chi connectivity index (χ4n) is 3.24. The van der Waals surface area contributed by atoms with Crippen LogP contribution in [-0.4, -0.2) is 24.9 Å². The molecule has 0 atom stereocenters. The maximum Gasteiger partial charge on any atom is 0.0732 e. The minimum atomic E-state index is 0.885. The number of fused-ring (bicyclic) bond motifs is 3. The highest BCUT2D eigenvalue weighted by molar-refractivity contribution is 6.24. The lowest BCUT2D eigenvalue weighted by Crippen LogP contribution is -1.84. The molecule has 0 amide bonds. The smallest absolute Gasteiger partial charge is 0.0732 e. The second kappa shape index (κ2) is 7.83. The van der Waals surface area contributed by atoms with E-state index < -0.39 is 0 Å². The van der Waals surface area contributed by atoms with Crippen LogP contribution in [0.2, 0.25) is 0 Å². The zero-order valence-corrected chi connectivity index (χ0v) is 15.6. The SMILES string of the molecule is CC=Nc1ccc(N=CC)c2c1c(N=CC)cc1cccc(N=CC)c12.